The van der Waals surface area contributed by atoms with E-state index < -0.39 is 0 Å². The second-order valence-electron chi connectivity index (χ2n) is 5.77. The van der Waals surface area contributed by atoms with Crippen molar-refractivity contribution >= 4 is 34.4 Å². The number of piperidine rings is 1. The first-order valence-corrected chi connectivity index (χ1v) is 8.76. The van der Waals surface area contributed by atoms with Crippen LogP contribution in [0.4, 0.5) is 10.8 Å². The van der Waals surface area contributed by atoms with Crippen molar-refractivity contribution in [2.75, 3.05) is 18.4 Å². The average Bonchev–Trinajstić information content (AvgIpc) is 2.81. The summed E-state index contributed by atoms with van der Waals surface area (Å²) >= 11 is 6.91. The first-order valence-electron chi connectivity index (χ1n) is 7.54. The molecular formula is C15H21N4OS2+. The summed E-state index contributed by atoms with van der Waals surface area (Å²) in [4.78, 5) is 1.34. The monoisotopic (exact) mass is 337 g/mol. The molecule has 3 rings (SSSR count). The van der Waals surface area contributed by atoms with Crippen molar-refractivity contribution in [1.82, 2.24) is 9.78 Å². The number of benzene rings is 1. The van der Waals surface area contributed by atoms with Crippen molar-refractivity contribution in [3.05, 3.63) is 33.8 Å². The fourth-order valence-electron chi connectivity index (χ4n) is 2.77. The second-order valence-corrected chi connectivity index (χ2v) is 7.39. The number of anilines is 2. The topological polar surface area (TPSA) is 54.5 Å². The Hall–Kier alpha value is -1.28. The lowest BCUT2D eigenvalue weighted by molar-refractivity contribution is -0.931. The molecule has 1 fully saturated rings. The van der Waals surface area contributed by atoms with E-state index in [4.69, 9.17) is 12.2 Å². The number of nitrogens with zero attached hydrogens (tertiary/aromatic N) is 2. The van der Waals surface area contributed by atoms with Gasteiger partial charge in [0.05, 0.1) is 6.54 Å². The van der Waals surface area contributed by atoms with Gasteiger partial charge in [0.15, 0.2) is 10.6 Å². The molecule has 2 atom stereocenters. The number of para-hydroxylation sites is 1. The second kappa shape index (κ2) is 6.87. The summed E-state index contributed by atoms with van der Waals surface area (Å²) < 4.78 is 2.64. The molecule has 3 N–H and O–H groups in total. The van der Waals surface area contributed by atoms with Gasteiger partial charge in [-0.05, 0) is 43.6 Å². The van der Waals surface area contributed by atoms with Crippen molar-refractivity contribution < 1.29 is 10.0 Å². The van der Waals surface area contributed by atoms with Crippen LogP contribution >= 0.6 is 23.6 Å². The van der Waals surface area contributed by atoms with Gasteiger partial charge in [-0.15, -0.1) is 5.10 Å². The Labute approximate surface area is 139 Å². The van der Waals surface area contributed by atoms with Crippen LogP contribution in [0.1, 0.15) is 18.4 Å². The van der Waals surface area contributed by atoms with Crippen LogP contribution in [0.3, 0.4) is 0 Å². The number of aryl methyl sites for hydroxylation is 1. The van der Waals surface area contributed by atoms with E-state index in [2.05, 4.69) is 23.4 Å². The van der Waals surface area contributed by atoms with Gasteiger partial charge in [-0.1, -0.05) is 29.5 Å². The summed E-state index contributed by atoms with van der Waals surface area (Å²) in [6.45, 7) is 4.64. The fourth-order valence-corrected chi connectivity index (χ4v) is 3.78. The molecule has 2 heterocycles. The molecule has 118 valence electrons. The van der Waals surface area contributed by atoms with Crippen LogP contribution < -0.4 is 10.2 Å². The number of hydrogen-bond acceptors (Lipinski definition) is 5. The summed E-state index contributed by atoms with van der Waals surface area (Å²) in [5.41, 5.74) is 2.24. The van der Waals surface area contributed by atoms with Crippen molar-refractivity contribution in [1.29, 1.82) is 0 Å². The van der Waals surface area contributed by atoms with Gasteiger partial charge in [-0.3, -0.25) is 0 Å². The lowest BCUT2D eigenvalue weighted by atomic mass is 10.1. The number of aliphatic hydroxyl groups excluding tert-OH is 1. The summed E-state index contributed by atoms with van der Waals surface area (Å²) in [6, 6.07) is 8.13. The van der Waals surface area contributed by atoms with Crippen molar-refractivity contribution in [2.24, 2.45) is 0 Å². The van der Waals surface area contributed by atoms with E-state index in [9.17, 15) is 5.11 Å². The van der Waals surface area contributed by atoms with Crippen LogP contribution in [-0.2, 0) is 6.67 Å². The molecule has 1 saturated heterocycles. The maximum absolute atomic E-state index is 9.77. The number of likely N-dealkylation sites (tertiary alicyclic amines) is 1. The van der Waals surface area contributed by atoms with Gasteiger partial charge in [0.25, 0.3) is 0 Å². The molecule has 0 saturated carbocycles. The molecule has 22 heavy (non-hydrogen) atoms. The van der Waals surface area contributed by atoms with E-state index in [1.165, 1.54) is 21.8 Å². The Balaban J connectivity index is 1.71. The SMILES string of the molecule is Cc1ccccc1Nc1nn(C[NH+]2CCC[C@@H](O)C2)c(=S)s1. The molecule has 1 unspecified atom stereocenters. The lowest BCUT2D eigenvalue weighted by Gasteiger charge is -2.26. The molecule has 1 aromatic heterocycles. The minimum Gasteiger partial charge on any atom is -0.387 e. The molecular weight excluding hydrogens is 316 g/mol. The average molecular weight is 337 g/mol. The highest BCUT2D eigenvalue weighted by molar-refractivity contribution is 7.73. The number of hydrogen-bond donors (Lipinski definition) is 3. The molecule has 0 spiro atoms. The smallest absolute Gasteiger partial charge is 0.209 e. The number of quaternary nitrogens is 1. The Morgan fingerprint density at radius 1 is 1.50 bits per heavy atom. The van der Waals surface area contributed by atoms with Crippen LogP contribution in [0.15, 0.2) is 24.3 Å². The zero-order valence-corrected chi connectivity index (χ0v) is 14.2. The summed E-state index contributed by atoms with van der Waals surface area (Å²) in [6.07, 6.45) is 1.77. The van der Waals surface area contributed by atoms with Crippen molar-refractivity contribution in [3.63, 3.8) is 0 Å². The molecule has 0 bridgehead atoms. The first-order chi connectivity index (χ1) is 10.6. The third-order valence-electron chi connectivity index (χ3n) is 3.96. The summed E-state index contributed by atoms with van der Waals surface area (Å²) in [7, 11) is 0. The highest BCUT2D eigenvalue weighted by atomic mass is 32.1. The predicted molar refractivity (Wildman–Crippen MR) is 91.3 cm³/mol. The van der Waals surface area contributed by atoms with Gasteiger partial charge in [-0.2, -0.15) is 4.68 Å². The number of aromatic nitrogens is 2. The van der Waals surface area contributed by atoms with E-state index >= 15 is 0 Å². The number of nitrogens with one attached hydrogen (secondary N) is 2. The van der Waals surface area contributed by atoms with E-state index in [0.29, 0.717) is 0 Å². The van der Waals surface area contributed by atoms with Crippen LogP contribution in [0.25, 0.3) is 0 Å². The van der Waals surface area contributed by atoms with Crippen LogP contribution in [0.5, 0.6) is 0 Å². The van der Waals surface area contributed by atoms with Crippen molar-refractivity contribution in [2.45, 2.75) is 32.5 Å². The quantitative estimate of drug-likeness (QED) is 0.744. The Bertz CT molecular complexity index is 697. The largest absolute Gasteiger partial charge is 0.387 e. The molecule has 1 aromatic carbocycles. The van der Waals surface area contributed by atoms with E-state index in [0.717, 1.165) is 47.4 Å². The Kier molecular flexibility index (Phi) is 4.87. The van der Waals surface area contributed by atoms with E-state index in [1.54, 1.807) is 0 Å². The molecule has 0 aliphatic carbocycles. The van der Waals surface area contributed by atoms with Crippen LogP contribution in [0, 0.1) is 10.9 Å². The molecule has 0 amide bonds. The minimum atomic E-state index is -0.193. The van der Waals surface area contributed by atoms with Crippen LogP contribution in [0.2, 0.25) is 0 Å². The molecule has 1 aliphatic rings. The van der Waals surface area contributed by atoms with Gasteiger partial charge in [0, 0.05) is 5.69 Å². The molecule has 7 heteroatoms. The van der Waals surface area contributed by atoms with Crippen molar-refractivity contribution in [3.8, 4) is 0 Å². The van der Waals surface area contributed by atoms with Gasteiger partial charge in [0.2, 0.25) is 5.13 Å². The molecule has 2 aromatic rings. The zero-order chi connectivity index (χ0) is 15.5. The highest BCUT2D eigenvalue weighted by Gasteiger charge is 2.22. The predicted octanol–water partition coefficient (Wildman–Crippen LogP) is 1.72. The Morgan fingerprint density at radius 3 is 3.09 bits per heavy atom. The van der Waals surface area contributed by atoms with Gasteiger partial charge >= 0.3 is 0 Å². The third-order valence-corrected chi connectivity index (χ3v) is 5.18. The Morgan fingerprint density at radius 2 is 2.32 bits per heavy atom. The van der Waals surface area contributed by atoms with Gasteiger partial charge in [0.1, 0.15) is 12.6 Å². The highest BCUT2D eigenvalue weighted by Crippen LogP contribution is 2.22. The van der Waals surface area contributed by atoms with Gasteiger partial charge < -0.3 is 15.3 Å². The normalized spacial score (nSPS) is 21.7. The van der Waals surface area contributed by atoms with Gasteiger partial charge in [-0.25, -0.2) is 0 Å². The molecule has 5 nitrogen and oxygen atoms in total. The fraction of sp³-hybridized carbons (Fsp3) is 0.467. The maximum atomic E-state index is 9.77. The zero-order valence-electron chi connectivity index (χ0n) is 12.6. The maximum Gasteiger partial charge on any atom is 0.209 e. The summed E-state index contributed by atoms with van der Waals surface area (Å²) in [5.74, 6) is 0. The van der Waals surface area contributed by atoms with E-state index in [1.807, 2.05) is 22.9 Å². The third kappa shape index (κ3) is 3.73. The molecule has 0 radical (unpaired) electrons. The first kappa shape index (κ1) is 15.6. The standard InChI is InChI=1S/C15H20N4OS2/c1-11-5-2-3-7-13(11)16-14-17-19(15(21)22-14)10-18-8-4-6-12(20)9-18/h2-3,5,7,12,20H,4,6,8-10H2,1H3,(H,16,17)/p+1/t12-/m1/s1. The minimum absolute atomic E-state index is 0.193. The lowest BCUT2D eigenvalue weighted by Crippen LogP contribution is -3.13. The molecule has 1 aliphatic heterocycles. The number of aliphatic hydroxyl groups is 1. The number of rotatable bonds is 4. The van der Waals surface area contributed by atoms with Crippen LogP contribution in [-0.4, -0.2) is 34.1 Å². The van der Waals surface area contributed by atoms with E-state index in [-0.39, 0.29) is 6.10 Å². The summed E-state index contributed by atoms with van der Waals surface area (Å²) in [5, 5.41) is 18.5.